The molecule has 31 heavy (non-hydrogen) atoms. The summed E-state index contributed by atoms with van der Waals surface area (Å²) in [5.41, 5.74) is 8.44. The summed E-state index contributed by atoms with van der Waals surface area (Å²) in [6.45, 7) is 7.12. The molecule has 0 saturated carbocycles. The monoisotopic (exact) mass is 428 g/mol. The van der Waals surface area contributed by atoms with Crippen molar-refractivity contribution in [2.45, 2.75) is 32.7 Å². The number of hydrogen-bond acceptors (Lipinski definition) is 9. The Morgan fingerprint density at radius 3 is 2.61 bits per heavy atom. The highest BCUT2D eigenvalue weighted by atomic mass is 16.5. The number of hydrogen-bond donors (Lipinski definition) is 2. The van der Waals surface area contributed by atoms with Crippen LogP contribution in [0.4, 0.5) is 5.95 Å². The molecule has 0 bridgehead atoms. The average Bonchev–Trinajstić information content (AvgIpc) is 2.78. The van der Waals surface area contributed by atoms with Gasteiger partial charge in [0.1, 0.15) is 5.69 Å². The number of nitrogens with two attached hydrogens (primary N) is 1. The van der Waals surface area contributed by atoms with E-state index >= 15 is 0 Å². The molecule has 3 N–H and O–H groups in total. The molecule has 1 aromatic carbocycles. The second-order valence-electron chi connectivity index (χ2n) is 7.52. The first-order valence-corrected chi connectivity index (χ1v) is 10.5. The molecule has 2 heterocycles. The zero-order valence-corrected chi connectivity index (χ0v) is 18.9. The van der Waals surface area contributed by atoms with Crippen LogP contribution < -0.4 is 25.3 Å². The second kappa shape index (κ2) is 10.3. The number of nitrogens with one attached hydrogen (secondary N) is 1. The maximum Gasteiger partial charge on any atom is 0.243 e. The lowest BCUT2D eigenvalue weighted by Crippen LogP contribution is -2.42. The Hall–Kier alpha value is -3.07. The molecule has 2 aromatic rings. The number of likely N-dealkylation sites (N-methyl/N-ethyl adjacent to an activating group) is 1. The zero-order valence-electron chi connectivity index (χ0n) is 18.9. The van der Waals surface area contributed by atoms with E-state index in [1.165, 1.54) is 0 Å². The Kier molecular flexibility index (Phi) is 7.51. The van der Waals surface area contributed by atoms with Gasteiger partial charge in [0.15, 0.2) is 11.5 Å². The van der Waals surface area contributed by atoms with E-state index in [4.69, 9.17) is 24.9 Å². The van der Waals surface area contributed by atoms with Crippen LogP contribution in [0.2, 0.25) is 0 Å². The van der Waals surface area contributed by atoms with Crippen LogP contribution in [0.15, 0.2) is 17.8 Å². The molecule has 0 spiro atoms. The number of rotatable bonds is 8. The van der Waals surface area contributed by atoms with Crippen LogP contribution in [0.3, 0.4) is 0 Å². The molecule has 1 saturated heterocycles. The molecule has 9 nitrogen and oxygen atoms in total. The fraction of sp³-hybridized carbons (Fsp3) is 0.500. The number of aromatic nitrogens is 3. The van der Waals surface area contributed by atoms with E-state index in [9.17, 15) is 0 Å². The third kappa shape index (κ3) is 5.16. The summed E-state index contributed by atoms with van der Waals surface area (Å²) < 4.78 is 16.5. The van der Waals surface area contributed by atoms with E-state index < -0.39 is 0 Å². The summed E-state index contributed by atoms with van der Waals surface area (Å²) in [5.74, 6) is 2.02. The quantitative estimate of drug-likeness (QED) is 0.656. The smallest absolute Gasteiger partial charge is 0.243 e. The van der Waals surface area contributed by atoms with Gasteiger partial charge < -0.3 is 30.2 Å². The summed E-state index contributed by atoms with van der Waals surface area (Å²) in [6, 6.07) is 3.93. The van der Waals surface area contributed by atoms with Gasteiger partial charge in [-0.15, -0.1) is 10.2 Å². The van der Waals surface area contributed by atoms with Crippen molar-refractivity contribution in [3.05, 3.63) is 23.5 Å². The first kappa shape index (κ1) is 22.6. The van der Waals surface area contributed by atoms with Crippen LogP contribution >= 0.6 is 0 Å². The fourth-order valence-corrected chi connectivity index (χ4v) is 3.84. The highest BCUT2D eigenvalue weighted by Crippen LogP contribution is 2.44. The lowest BCUT2D eigenvalue weighted by Gasteiger charge is -2.32. The minimum atomic E-state index is 0.285. The van der Waals surface area contributed by atoms with Gasteiger partial charge in [0, 0.05) is 18.3 Å². The Balaban J connectivity index is 2.01. The van der Waals surface area contributed by atoms with Crippen LogP contribution in [-0.2, 0) is 0 Å². The molecular formula is C22H32N6O3. The number of methoxy groups -OCH3 is 3. The van der Waals surface area contributed by atoms with Crippen molar-refractivity contribution in [1.29, 1.82) is 0 Å². The number of likely N-dealkylation sites (tertiary alicyclic amines) is 1. The third-order valence-electron chi connectivity index (χ3n) is 5.32. The van der Waals surface area contributed by atoms with Gasteiger partial charge in [0.2, 0.25) is 11.7 Å². The van der Waals surface area contributed by atoms with E-state index in [2.05, 4.69) is 27.3 Å². The molecule has 168 valence electrons. The highest BCUT2D eigenvalue weighted by molar-refractivity contribution is 5.79. The maximum absolute atomic E-state index is 5.98. The standard InChI is InChI=1S/C22H32N6O3/c1-6-28-11-7-8-15(13-28)24-22-25-17(12-14(2)23)19(26-27-22)16-9-10-18(29-3)21(31-5)20(16)30-4/h9-10,12,15H,6-8,11,13,23H2,1-5H3,(H,24,25,27). The van der Waals surface area contributed by atoms with Crippen molar-refractivity contribution in [2.24, 2.45) is 5.73 Å². The Labute approximate surface area is 183 Å². The van der Waals surface area contributed by atoms with Crippen LogP contribution in [0.25, 0.3) is 17.3 Å². The van der Waals surface area contributed by atoms with Crippen LogP contribution in [-0.4, -0.2) is 67.1 Å². The van der Waals surface area contributed by atoms with Gasteiger partial charge in [-0.1, -0.05) is 6.92 Å². The second-order valence-corrected chi connectivity index (χ2v) is 7.52. The molecule has 0 amide bonds. The third-order valence-corrected chi connectivity index (χ3v) is 5.32. The van der Waals surface area contributed by atoms with Crippen LogP contribution in [0, 0.1) is 0 Å². The minimum absolute atomic E-state index is 0.285. The predicted molar refractivity (Wildman–Crippen MR) is 122 cm³/mol. The van der Waals surface area contributed by atoms with Crippen LogP contribution in [0.1, 0.15) is 32.4 Å². The van der Waals surface area contributed by atoms with Crippen molar-refractivity contribution >= 4 is 12.0 Å². The van der Waals surface area contributed by atoms with Crippen molar-refractivity contribution < 1.29 is 14.2 Å². The molecule has 9 heteroatoms. The van der Waals surface area contributed by atoms with Crippen molar-refractivity contribution in [2.75, 3.05) is 46.3 Å². The Bertz CT molecular complexity index is 930. The predicted octanol–water partition coefficient (Wildman–Crippen LogP) is 2.78. The van der Waals surface area contributed by atoms with E-state index in [-0.39, 0.29) is 6.04 Å². The van der Waals surface area contributed by atoms with Crippen molar-refractivity contribution in [3.63, 3.8) is 0 Å². The molecule has 0 radical (unpaired) electrons. The van der Waals surface area contributed by atoms with Crippen molar-refractivity contribution in [3.8, 4) is 28.5 Å². The average molecular weight is 429 g/mol. The minimum Gasteiger partial charge on any atom is -0.493 e. The topological polar surface area (TPSA) is 108 Å². The van der Waals surface area contributed by atoms with Gasteiger partial charge in [-0.25, -0.2) is 4.98 Å². The highest BCUT2D eigenvalue weighted by Gasteiger charge is 2.23. The van der Waals surface area contributed by atoms with Gasteiger partial charge in [-0.3, -0.25) is 0 Å². The maximum atomic E-state index is 5.98. The Morgan fingerprint density at radius 1 is 1.19 bits per heavy atom. The van der Waals surface area contributed by atoms with Gasteiger partial charge in [0.25, 0.3) is 0 Å². The first-order valence-electron chi connectivity index (χ1n) is 10.5. The molecule has 1 aliphatic heterocycles. The SMILES string of the molecule is CCN1CCCC(Nc2nnc(-c3ccc(OC)c(OC)c3OC)c(C=C(C)N)n2)C1. The van der Waals surface area contributed by atoms with E-state index in [0.29, 0.717) is 45.8 Å². The van der Waals surface area contributed by atoms with Crippen LogP contribution in [0.5, 0.6) is 17.2 Å². The summed E-state index contributed by atoms with van der Waals surface area (Å²) in [4.78, 5) is 7.14. The lowest BCUT2D eigenvalue weighted by molar-refractivity contribution is 0.226. The van der Waals surface area contributed by atoms with Gasteiger partial charge in [-0.2, -0.15) is 0 Å². The molecular weight excluding hydrogens is 396 g/mol. The van der Waals surface area contributed by atoms with Gasteiger partial charge >= 0.3 is 0 Å². The lowest BCUT2D eigenvalue weighted by atomic mass is 10.1. The van der Waals surface area contributed by atoms with Crippen molar-refractivity contribution in [1.82, 2.24) is 20.1 Å². The summed E-state index contributed by atoms with van der Waals surface area (Å²) in [6.07, 6.45) is 4.01. The number of piperidine rings is 1. The number of ether oxygens (including phenoxy) is 3. The first-order chi connectivity index (χ1) is 15.0. The molecule has 1 aliphatic rings. The molecule has 1 atom stereocenters. The molecule has 1 unspecified atom stereocenters. The van der Waals surface area contributed by atoms with Gasteiger partial charge in [-0.05, 0) is 51.1 Å². The normalized spacial score (nSPS) is 17.3. The fourth-order valence-electron chi connectivity index (χ4n) is 3.84. The summed E-state index contributed by atoms with van der Waals surface area (Å²) >= 11 is 0. The molecule has 1 fully saturated rings. The molecule has 1 aromatic heterocycles. The molecule has 3 rings (SSSR count). The number of nitrogens with zero attached hydrogens (tertiary/aromatic N) is 4. The summed E-state index contributed by atoms with van der Waals surface area (Å²) in [7, 11) is 4.72. The largest absolute Gasteiger partial charge is 0.493 e. The zero-order chi connectivity index (χ0) is 22.4. The van der Waals surface area contributed by atoms with E-state index in [1.54, 1.807) is 33.5 Å². The number of anilines is 1. The van der Waals surface area contributed by atoms with Gasteiger partial charge in [0.05, 0.1) is 32.6 Å². The Morgan fingerprint density at radius 2 is 1.97 bits per heavy atom. The summed E-state index contributed by atoms with van der Waals surface area (Å²) in [5, 5.41) is 12.3. The number of allylic oxidation sites excluding steroid dienone is 1. The van der Waals surface area contributed by atoms with E-state index in [1.807, 2.05) is 13.0 Å². The molecule has 0 aliphatic carbocycles. The van der Waals surface area contributed by atoms with E-state index in [0.717, 1.165) is 32.5 Å². The number of benzene rings is 1.